The molecule has 0 saturated carbocycles. The Bertz CT molecular complexity index is 797. The topological polar surface area (TPSA) is 66.0 Å². The highest BCUT2D eigenvalue weighted by Crippen LogP contribution is 2.38. The fourth-order valence-corrected chi connectivity index (χ4v) is 2.83. The Balaban J connectivity index is 2.11. The summed E-state index contributed by atoms with van der Waals surface area (Å²) in [6.45, 7) is 1.87. The van der Waals surface area contributed by atoms with Crippen LogP contribution in [-0.4, -0.2) is 34.3 Å². The molecule has 7 heteroatoms. The smallest absolute Gasteiger partial charge is 0.224 e. The first kappa shape index (κ1) is 20.7. The third-order valence-electron chi connectivity index (χ3n) is 4.12. The van der Waals surface area contributed by atoms with Gasteiger partial charge in [-0.25, -0.2) is 0 Å². The monoisotopic (exact) mass is 393 g/mol. The van der Waals surface area contributed by atoms with Crippen molar-refractivity contribution in [2.24, 2.45) is 0 Å². The minimum absolute atomic E-state index is 0.135. The largest absolute Gasteiger partial charge is 0.495 e. The summed E-state index contributed by atoms with van der Waals surface area (Å²) >= 11 is 6.10. The Morgan fingerprint density at radius 3 is 2.04 bits per heavy atom. The van der Waals surface area contributed by atoms with E-state index in [0.717, 1.165) is 11.1 Å². The van der Waals surface area contributed by atoms with E-state index in [4.69, 9.17) is 30.5 Å². The zero-order chi connectivity index (χ0) is 20.0. The molecule has 1 amide bonds. The molecule has 0 unspecified atom stereocenters. The van der Waals surface area contributed by atoms with E-state index in [2.05, 4.69) is 5.32 Å². The summed E-state index contributed by atoms with van der Waals surface area (Å²) in [5, 5.41) is 3.46. The van der Waals surface area contributed by atoms with Gasteiger partial charge in [-0.3, -0.25) is 4.79 Å². The Labute approximate surface area is 164 Å². The highest BCUT2D eigenvalue weighted by atomic mass is 35.5. The highest BCUT2D eigenvalue weighted by Gasteiger charge is 2.15. The van der Waals surface area contributed by atoms with E-state index in [1.54, 1.807) is 33.5 Å². The lowest BCUT2D eigenvalue weighted by Gasteiger charge is -2.14. The molecule has 27 heavy (non-hydrogen) atoms. The Kier molecular flexibility index (Phi) is 7.19. The maximum Gasteiger partial charge on any atom is 0.224 e. The van der Waals surface area contributed by atoms with Gasteiger partial charge in [0.05, 0.1) is 34.1 Å². The van der Waals surface area contributed by atoms with Crippen LogP contribution >= 0.6 is 11.6 Å². The molecular weight excluding hydrogens is 370 g/mol. The van der Waals surface area contributed by atoms with Crippen LogP contribution in [0.1, 0.15) is 17.5 Å². The van der Waals surface area contributed by atoms with E-state index in [9.17, 15) is 4.79 Å². The highest BCUT2D eigenvalue weighted by molar-refractivity contribution is 6.31. The number of carbonyl (C=O) groups is 1. The van der Waals surface area contributed by atoms with Gasteiger partial charge in [0.1, 0.15) is 5.75 Å². The second-order valence-electron chi connectivity index (χ2n) is 5.88. The molecule has 6 nitrogen and oxygen atoms in total. The summed E-state index contributed by atoms with van der Waals surface area (Å²) < 4.78 is 21.3. The summed E-state index contributed by atoms with van der Waals surface area (Å²) in [6.07, 6.45) is 0.793. The van der Waals surface area contributed by atoms with Crippen LogP contribution in [-0.2, 0) is 11.2 Å². The van der Waals surface area contributed by atoms with Gasteiger partial charge in [-0.1, -0.05) is 11.6 Å². The number of amides is 1. The number of hydrogen-bond acceptors (Lipinski definition) is 5. The zero-order valence-corrected chi connectivity index (χ0v) is 16.9. The summed E-state index contributed by atoms with van der Waals surface area (Å²) in [6, 6.07) is 7.15. The minimum Gasteiger partial charge on any atom is -0.495 e. The number of ether oxygens (including phenoxy) is 4. The van der Waals surface area contributed by atoms with Crippen LogP contribution in [0.15, 0.2) is 24.3 Å². The van der Waals surface area contributed by atoms with E-state index >= 15 is 0 Å². The number of nitrogens with one attached hydrogen (secondary N) is 1. The lowest BCUT2D eigenvalue weighted by Crippen LogP contribution is -2.13. The molecule has 0 atom stereocenters. The van der Waals surface area contributed by atoms with E-state index in [-0.39, 0.29) is 12.3 Å². The molecule has 0 aliphatic heterocycles. The minimum atomic E-state index is -0.135. The van der Waals surface area contributed by atoms with E-state index < -0.39 is 0 Å². The number of rotatable bonds is 8. The van der Waals surface area contributed by atoms with E-state index in [0.29, 0.717) is 40.1 Å². The molecular formula is C20H24ClNO5. The number of carbonyl (C=O) groups excluding carboxylic acids is 1. The average molecular weight is 394 g/mol. The second-order valence-corrected chi connectivity index (χ2v) is 6.29. The molecule has 2 aromatic rings. The lowest BCUT2D eigenvalue weighted by molar-refractivity contribution is -0.116. The molecule has 0 bridgehead atoms. The van der Waals surface area contributed by atoms with Crippen molar-refractivity contribution in [1.29, 1.82) is 0 Å². The number of aryl methyl sites for hydroxylation is 2. The van der Waals surface area contributed by atoms with Crippen LogP contribution in [0, 0.1) is 6.92 Å². The van der Waals surface area contributed by atoms with Crippen molar-refractivity contribution in [3.05, 3.63) is 40.4 Å². The summed E-state index contributed by atoms with van der Waals surface area (Å²) in [7, 11) is 6.20. The van der Waals surface area contributed by atoms with Crippen molar-refractivity contribution in [2.45, 2.75) is 19.8 Å². The van der Waals surface area contributed by atoms with Gasteiger partial charge in [0.25, 0.3) is 0 Å². The molecule has 0 radical (unpaired) electrons. The average Bonchev–Trinajstić information content (AvgIpc) is 2.67. The van der Waals surface area contributed by atoms with E-state index in [1.165, 1.54) is 7.11 Å². The molecule has 0 fully saturated rings. The zero-order valence-electron chi connectivity index (χ0n) is 16.1. The maximum absolute atomic E-state index is 12.4. The molecule has 0 aliphatic rings. The number of benzene rings is 2. The van der Waals surface area contributed by atoms with Crippen molar-refractivity contribution < 1.29 is 23.7 Å². The molecule has 2 rings (SSSR count). The molecule has 0 heterocycles. The fourth-order valence-electron chi connectivity index (χ4n) is 2.68. The van der Waals surface area contributed by atoms with Crippen molar-refractivity contribution in [1.82, 2.24) is 0 Å². The first-order valence-corrected chi connectivity index (χ1v) is 8.74. The van der Waals surface area contributed by atoms with Crippen molar-refractivity contribution in [2.75, 3.05) is 33.8 Å². The molecule has 0 spiro atoms. The van der Waals surface area contributed by atoms with Gasteiger partial charge in [-0.2, -0.15) is 0 Å². The normalized spacial score (nSPS) is 10.3. The predicted octanol–water partition coefficient (Wildman–Crippen LogP) is 4.25. The number of anilines is 1. The molecule has 0 saturated heterocycles. The third kappa shape index (κ3) is 4.98. The van der Waals surface area contributed by atoms with Crippen LogP contribution in [0.2, 0.25) is 5.02 Å². The van der Waals surface area contributed by atoms with Gasteiger partial charge >= 0.3 is 0 Å². The summed E-state index contributed by atoms with van der Waals surface area (Å²) in [5.41, 5.74) is 2.35. The number of hydrogen-bond donors (Lipinski definition) is 1. The van der Waals surface area contributed by atoms with Crippen LogP contribution < -0.4 is 24.3 Å². The first-order chi connectivity index (χ1) is 12.9. The van der Waals surface area contributed by atoms with Crippen LogP contribution in [0.25, 0.3) is 0 Å². The van der Waals surface area contributed by atoms with Gasteiger partial charge < -0.3 is 24.3 Å². The third-order valence-corrected chi connectivity index (χ3v) is 4.53. The van der Waals surface area contributed by atoms with Gasteiger partial charge in [0.15, 0.2) is 11.5 Å². The predicted molar refractivity (Wildman–Crippen MR) is 106 cm³/mol. The van der Waals surface area contributed by atoms with Crippen LogP contribution in [0.3, 0.4) is 0 Å². The maximum atomic E-state index is 12.4. The Morgan fingerprint density at radius 1 is 0.926 bits per heavy atom. The van der Waals surface area contributed by atoms with Gasteiger partial charge in [-0.15, -0.1) is 0 Å². The standard InChI is InChI=1S/C20H24ClNO5/c1-12-8-15(16(24-2)11-14(12)21)22-19(23)7-6-13-9-17(25-3)20(27-5)18(10-13)26-4/h8-11H,6-7H2,1-5H3,(H,22,23). The Hall–Kier alpha value is -2.60. The van der Waals surface area contributed by atoms with Crippen LogP contribution in [0.4, 0.5) is 5.69 Å². The Morgan fingerprint density at radius 2 is 1.52 bits per heavy atom. The van der Waals surface area contributed by atoms with Gasteiger partial charge in [-0.05, 0) is 42.7 Å². The number of halogens is 1. The first-order valence-electron chi connectivity index (χ1n) is 8.36. The fraction of sp³-hybridized carbons (Fsp3) is 0.350. The summed E-state index contributed by atoms with van der Waals surface area (Å²) in [5.74, 6) is 2.02. The quantitative estimate of drug-likeness (QED) is 0.726. The number of methoxy groups -OCH3 is 4. The molecule has 1 N–H and O–H groups in total. The van der Waals surface area contributed by atoms with Crippen molar-refractivity contribution in [3.8, 4) is 23.0 Å². The second kappa shape index (κ2) is 9.37. The molecule has 146 valence electrons. The van der Waals surface area contributed by atoms with Crippen molar-refractivity contribution in [3.63, 3.8) is 0 Å². The molecule has 0 aromatic heterocycles. The van der Waals surface area contributed by atoms with Crippen molar-refractivity contribution >= 4 is 23.2 Å². The SMILES string of the molecule is COc1cc(Cl)c(C)cc1NC(=O)CCc1cc(OC)c(OC)c(OC)c1. The molecule has 0 aliphatic carbocycles. The van der Waals surface area contributed by atoms with Gasteiger partial charge in [0.2, 0.25) is 11.7 Å². The van der Waals surface area contributed by atoms with E-state index in [1.807, 2.05) is 19.1 Å². The lowest BCUT2D eigenvalue weighted by atomic mass is 10.1. The van der Waals surface area contributed by atoms with Crippen LogP contribution in [0.5, 0.6) is 23.0 Å². The van der Waals surface area contributed by atoms with Gasteiger partial charge in [0, 0.05) is 17.5 Å². The summed E-state index contributed by atoms with van der Waals surface area (Å²) in [4.78, 5) is 12.4. The molecule has 2 aromatic carbocycles.